The van der Waals surface area contributed by atoms with Crippen molar-refractivity contribution in [2.45, 2.75) is 13.8 Å². The molecule has 0 saturated carbocycles. The Bertz CT molecular complexity index is 618. The molecule has 0 atom stereocenters. The second kappa shape index (κ2) is 4.61. The molecule has 0 aliphatic carbocycles. The van der Waals surface area contributed by atoms with E-state index in [1.165, 1.54) is 0 Å². The molecule has 0 unspecified atom stereocenters. The summed E-state index contributed by atoms with van der Waals surface area (Å²) in [7, 11) is 0. The molecule has 0 aliphatic heterocycles. The number of hydrogen-bond donors (Lipinski definition) is 1. The molecule has 0 radical (unpaired) electrons. The highest BCUT2D eigenvalue weighted by Crippen LogP contribution is 2.27. The first-order valence-electron chi connectivity index (χ1n) is 5.59. The van der Waals surface area contributed by atoms with Crippen LogP contribution in [-0.2, 0) is 0 Å². The highest BCUT2D eigenvalue weighted by molar-refractivity contribution is 5.96. The minimum atomic E-state index is -1.12. The van der Waals surface area contributed by atoms with Gasteiger partial charge >= 0.3 is 5.97 Å². The zero-order chi connectivity index (χ0) is 13.3. The highest BCUT2D eigenvalue weighted by atomic mass is 19.1. The summed E-state index contributed by atoms with van der Waals surface area (Å²) in [6.07, 6.45) is 0. The number of carbonyl (C=O) groups is 1. The third-order valence-corrected chi connectivity index (χ3v) is 2.86. The maximum Gasteiger partial charge on any atom is 0.336 e. The summed E-state index contributed by atoms with van der Waals surface area (Å²) >= 11 is 0. The number of carboxylic acids is 1. The van der Waals surface area contributed by atoms with Gasteiger partial charge < -0.3 is 5.11 Å². The Morgan fingerprint density at radius 1 is 1.17 bits per heavy atom. The number of aryl methyl sites for hydroxylation is 2. The van der Waals surface area contributed by atoms with Crippen molar-refractivity contribution in [2.75, 3.05) is 0 Å². The molecule has 0 spiro atoms. The second-order valence-electron chi connectivity index (χ2n) is 4.32. The van der Waals surface area contributed by atoms with Crippen molar-refractivity contribution in [1.29, 1.82) is 0 Å². The monoisotopic (exact) mass is 244 g/mol. The van der Waals surface area contributed by atoms with E-state index in [0.717, 1.165) is 17.2 Å². The molecule has 2 nitrogen and oxygen atoms in total. The van der Waals surface area contributed by atoms with Gasteiger partial charge in [-0.05, 0) is 42.7 Å². The number of aromatic carboxylic acids is 1. The van der Waals surface area contributed by atoms with Crippen LogP contribution >= 0.6 is 0 Å². The van der Waals surface area contributed by atoms with E-state index in [4.69, 9.17) is 5.11 Å². The van der Waals surface area contributed by atoms with Crippen LogP contribution in [-0.4, -0.2) is 11.1 Å². The van der Waals surface area contributed by atoms with Gasteiger partial charge in [0.1, 0.15) is 5.82 Å². The van der Waals surface area contributed by atoms with Crippen LogP contribution < -0.4 is 0 Å². The van der Waals surface area contributed by atoms with Crippen molar-refractivity contribution in [3.05, 3.63) is 58.9 Å². The topological polar surface area (TPSA) is 37.3 Å². The molecular weight excluding hydrogens is 231 g/mol. The van der Waals surface area contributed by atoms with E-state index in [9.17, 15) is 9.18 Å². The first-order chi connectivity index (χ1) is 8.49. The van der Waals surface area contributed by atoms with Gasteiger partial charge in [-0.1, -0.05) is 29.8 Å². The number of carboxylic acid groups (broad SMARTS) is 1. The molecule has 0 amide bonds. The summed E-state index contributed by atoms with van der Waals surface area (Å²) in [5, 5.41) is 9.14. The molecule has 0 saturated heterocycles. The van der Waals surface area contributed by atoms with E-state index in [0.29, 0.717) is 11.1 Å². The van der Waals surface area contributed by atoms with Gasteiger partial charge in [0, 0.05) is 0 Å². The highest BCUT2D eigenvalue weighted by Gasteiger charge is 2.14. The van der Waals surface area contributed by atoms with Crippen molar-refractivity contribution >= 4 is 5.97 Å². The molecule has 92 valence electrons. The average Bonchev–Trinajstić information content (AvgIpc) is 2.31. The predicted octanol–water partition coefficient (Wildman–Crippen LogP) is 3.81. The van der Waals surface area contributed by atoms with Crippen LogP contribution in [0.15, 0.2) is 36.4 Å². The number of hydrogen-bond acceptors (Lipinski definition) is 1. The SMILES string of the molecule is Cc1cccc(-c2cc(C)c(F)cc2C(=O)O)c1. The van der Waals surface area contributed by atoms with Gasteiger partial charge in [-0.15, -0.1) is 0 Å². The summed E-state index contributed by atoms with van der Waals surface area (Å²) in [4.78, 5) is 11.2. The maximum absolute atomic E-state index is 13.5. The van der Waals surface area contributed by atoms with E-state index in [1.807, 2.05) is 31.2 Å². The summed E-state index contributed by atoms with van der Waals surface area (Å²) < 4.78 is 13.5. The van der Waals surface area contributed by atoms with E-state index in [-0.39, 0.29) is 5.56 Å². The van der Waals surface area contributed by atoms with Gasteiger partial charge in [-0.25, -0.2) is 9.18 Å². The normalized spacial score (nSPS) is 10.4. The van der Waals surface area contributed by atoms with Crippen LogP contribution in [0, 0.1) is 19.7 Å². The van der Waals surface area contributed by atoms with E-state index in [2.05, 4.69) is 0 Å². The van der Waals surface area contributed by atoms with Crippen LogP contribution in [0.25, 0.3) is 11.1 Å². The minimum absolute atomic E-state index is 0.0105. The quantitative estimate of drug-likeness (QED) is 0.872. The molecule has 0 aromatic heterocycles. The van der Waals surface area contributed by atoms with Gasteiger partial charge in [0.25, 0.3) is 0 Å². The fourth-order valence-corrected chi connectivity index (χ4v) is 1.91. The van der Waals surface area contributed by atoms with E-state index >= 15 is 0 Å². The van der Waals surface area contributed by atoms with E-state index < -0.39 is 11.8 Å². The summed E-state index contributed by atoms with van der Waals surface area (Å²) in [5.74, 6) is -1.62. The second-order valence-corrected chi connectivity index (χ2v) is 4.32. The molecule has 0 bridgehead atoms. The van der Waals surface area contributed by atoms with Crippen molar-refractivity contribution in [3.8, 4) is 11.1 Å². The Hall–Kier alpha value is -2.16. The Morgan fingerprint density at radius 3 is 2.50 bits per heavy atom. The Balaban J connectivity index is 2.69. The lowest BCUT2D eigenvalue weighted by Gasteiger charge is -2.09. The van der Waals surface area contributed by atoms with Crippen molar-refractivity contribution in [2.24, 2.45) is 0 Å². The lowest BCUT2D eigenvalue weighted by atomic mass is 9.96. The van der Waals surface area contributed by atoms with Crippen LogP contribution in [0.1, 0.15) is 21.5 Å². The average molecular weight is 244 g/mol. The van der Waals surface area contributed by atoms with Crippen LogP contribution in [0.5, 0.6) is 0 Å². The lowest BCUT2D eigenvalue weighted by Crippen LogP contribution is -2.02. The standard InChI is InChI=1S/C15H13FO2/c1-9-4-3-5-11(6-9)12-7-10(2)14(16)8-13(12)15(17)18/h3-8H,1-2H3,(H,17,18). The van der Waals surface area contributed by atoms with Crippen molar-refractivity contribution < 1.29 is 14.3 Å². The van der Waals surface area contributed by atoms with Crippen LogP contribution in [0.4, 0.5) is 4.39 Å². The summed E-state index contributed by atoms with van der Waals surface area (Å²) in [5.41, 5.74) is 2.80. The molecule has 1 N–H and O–H groups in total. The first kappa shape index (κ1) is 12.3. The molecule has 18 heavy (non-hydrogen) atoms. The molecule has 2 aromatic rings. The largest absolute Gasteiger partial charge is 0.478 e. The lowest BCUT2D eigenvalue weighted by molar-refractivity contribution is 0.0697. The van der Waals surface area contributed by atoms with Crippen LogP contribution in [0.3, 0.4) is 0 Å². The van der Waals surface area contributed by atoms with Crippen molar-refractivity contribution in [1.82, 2.24) is 0 Å². The van der Waals surface area contributed by atoms with E-state index in [1.54, 1.807) is 13.0 Å². The number of benzene rings is 2. The molecule has 2 rings (SSSR count). The Morgan fingerprint density at radius 2 is 1.89 bits per heavy atom. The zero-order valence-corrected chi connectivity index (χ0v) is 10.2. The third kappa shape index (κ3) is 2.25. The fourth-order valence-electron chi connectivity index (χ4n) is 1.91. The molecular formula is C15H13FO2. The fraction of sp³-hybridized carbons (Fsp3) is 0.133. The van der Waals surface area contributed by atoms with Gasteiger partial charge in [-0.3, -0.25) is 0 Å². The van der Waals surface area contributed by atoms with Gasteiger partial charge in [0.05, 0.1) is 5.56 Å². The Kier molecular flexibility index (Phi) is 3.15. The third-order valence-electron chi connectivity index (χ3n) is 2.86. The number of rotatable bonds is 2. The molecule has 2 aromatic carbocycles. The molecule has 0 aliphatic rings. The summed E-state index contributed by atoms with van der Waals surface area (Å²) in [6.45, 7) is 3.56. The first-order valence-corrected chi connectivity index (χ1v) is 5.59. The smallest absolute Gasteiger partial charge is 0.336 e. The van der Waals surface area contributed by atoms with Crippen LogP contribution in [0.2, 0.25) is 0 Å². The van der Waals surface area contributed by atoms with Gasteiger partial charge in [-0.2, -0.15) is 0 Å². The minimum Gasteiger partial charge on any atom is -0.478 e. The van der Waals surface area contributed by atoms with Gasteiger partial charge in [0.2, 0.25) is 0 Å². The predicted molar refractivity (Wildman–Crippen MR) is 68.3 cm³/mol. The molecule has 3 heteroatoms. The molecule has 0 fully saturated rings. The molecule has 0 heterocycles. The number of halogens is 1. The zero-order valence-electron chi connectivity index (χ0n) is 10.2. The summed E-state index contributed by atoms with van der Waals surface area (Å²) in [6, 6.07) is 10.2. The maximum atomic E-state index is 13.5. The van der Waals surface area contributed by atoms with Crippen molar-refractivity contribution in [3.63, 3.8) is 0 Å². The Labute approximate surface area is 105 Å². The van der Waals surface area contributed by atoms with Gasteiger partial charge in [0.15, 0.2) is 0 Å².